The molecule has 0 saturated heterocycles. The van der Waals surface area contributed by atoms with Crippen molar-refractivity contribution in [1.29, 1.82) is 0 Å². The zero-order valence-corrected chi connectivity index (χ0v) is 10.5. The molecule has 18 heavy (non-hydrogen) atoms. The largest absolute Gasteiger partial charge is 0.493 e. The molecule has 2 aromatic rings. The molecule has 0 amide bonds. The molecule has 1 heteroatoms. The van der Waals surface area contributed by atoms with Crippen LogP contribution in [0, 0.1) is 0 Å². The molecule has 0 aliphatic heterocycles. The first kappa shape index (κ1) is 12.2. The van der Waals surface area contributed by atoms with Crippen molar-refractivity contribution in [3.05, 3.63) is 83.8 Å². The number of rotatable bonds is 4. The van der Waals surface area contributed by atoms with Gasteiger partial charge in [-0.25, -0.2) is 0 Å². The van der Waals surface area contributed by atoms with E-state index in [0.29, 0.717) is 6.61 Å². The quantitative estimate of drug-likeness (QED) is 0.569. The fourth-order valence-electron chi connectivity index (χ4n) is 1.73. The summed E-state index contributed by atoms with van der Waals surface area (Å²) in [4.78, 5) is 0. The summed E-state index contributed by atoms with van der Waals surface area (Å²) in [5, 5.41) is 0. The summed E-state index contributed by atoms with van der Waals surface area (Å²) in [5.74, 6) is 0. The van der Waals surface area contributed by atoms with Gasteiger partial charge in [0.15, 0.2) is 0 Å². The van der Waals surface area contributed by atoms with Gasteiger partial charge in [0.2, 0.25) is 0 Å². The van der Waals surface area contributed by atoms with Gasteiger partial charge in [0.1, 0.15) is 6.26 Å². The summed E-state index contributed by atoms with van der Waals surface area (Å²) in [6.45, 7) is 2.62. The van der Waals surface area contributed by atoms with Crippen LogP contribution < -0.4 is 0 Å². The Kier molecular flexibility index (Phi) is 4.40. The van der Waals surface area contributed by atoms with Crippen molar-refractivity contribution < 1.29 is 4.74 Å². The van der Waals surface area contributed by atoms with Crippen LogP contribution >= 0.6 is 0 Å². The molecule has 1 nitrogen and oxygen atoms in total. The highest BCUT2D eigenvalue weighted by Crippen LogP contribution is 2.21. The fourth-order valence-corrected chi connectivity index (χ4v) is 1.73. The highest BCUT2D eigenvalue weighted by Gasteiger charge is 2.02. The lowest BCUT2D eigenvalue weighted by Crippen LogP contribution is -1.86. The molecular formula is C17H16O. The summed E-state index contributed by atoms with van der Waals surface area (Å²) < 4.78 is 5.25. The monoisotopic (exact) mass is 236 g/mol. The van der Waals surface area contributed by atoms with Gasteiger partial charge in [-0.05, 0) is 18.1 Å². The molecule has 0 unspecified atom stereocenters. The average Bonchev–Trinajstić information content (AvgIpc) is 2.46. The van der Waals surface area contributed by atoms with Crippen molar-refractivity contribution in [2.24, 2.45) is 0 Å². The Labute approximate surface area is 108 Å². The molecule has 0 bridgehead atoms. The van der Waals surface area contributed by atoms with Gasteiger partial charge >= 0.3 is 0 Å². The molecule has 0 aromatic heterocycles. The maximum Gasteiger partial charge on any atom is 0.126 e. The van der Waals surface area contributed by atoms with Gasteiger partial charge in [0.25, 0.3) is 0 Å². The minimum absolute atomic E-state index is 0.657. The summed E-state index contributed by atoms with van der Waals surface area (Å²) >= 11 is 0. The third-order valence-corrected chi connectivity index (χ3v) is 2.58. The Morgan fingerprint density at radius 1 is 0.944 bits per heavy atom. The first-order chi connectivity index (χ1) is 8.92. The van der Waals surface area contributed by atoms with E-state index in [1.54, 1.807) is 6.26 Å². The van der Waals surface area contributed by atoms with Crippen molar-refractivity contribution >= 4 is 5.57 Å². The van der Waals surface area contributed by atoms with Gasteiger partial charge in [0.05, 0.1) is 6.61 Å². The lowest BCUT2D eigenvalue weighted by molar-refractivity contribution is 0.270. The van der Waals surface area contributed by atoms with Crippen LogP contribution in [0.2, 0.25) is 0 Å². The maximum atomic E-state index is 5.25. The van der Waals surface area contributed by atoms with Crippen molar-refractivity contribution in [3.8, 4) is 0 Å². The van der Waals surface area contributed by atoms with Crippen LogP contribution in [0.15, 0.2) is 72.7 Å². The molecule has 2 aromatic carbocycles. The topological polar surface area (TPSA) is 9.23 Å². The van der Waals surface area contributed by atoms with Crippen molar-refractivity contribution in [3.63, 3.8) is 0 Å². The van der Waals surface area contributed by atoms with Crippen LogP contribution in [0.5, 0.6) is 0 Å². The van der Waals surface area contributed by atoms with Crippen LogP contribution in [-0.2, 0) is 4.74 Å². The van der Waals surface area contributed by atoms with Gasteiger partial charge < -0.3 is 4.74 Å². The van der Waals surface area contributed by atoms with Gasteiger partial charge in [-0.3, -0.25) is 0 Å². The van der Waals surface area contributed by atoms with Gasteiger partial charge in [-0.1, -0.05) is 66.4 Å². The summed E-state index contributed by atoms with van der Waals surface area (Å²) in [6, 6.07) is 20.5. The standard InChI is InChI=1S/C17H16O/c1-2-18-14-13-17(15-9-5-3-6-10-15)16-11-7-4-8-12-16/h3-12,14H,2H2,1H3. The predicted molar refractivity (Wildman–Crippen MR) is 75.1 cm³/mol. The van der Waals surface area contributed by atoms with Crippen molar-refractivity contribution in [2.45, 2.75) is 6.92 Å². The Bertz CT molecular complexity index is 493. The van der Waals surface area contributed by atoms with Crippen molar-refractivity contribution in [1.82, 2.24) is 0 Å². The van der Waals surface area contributed by atoms with E-state index < -0.39 is 0 Å². The van der Waals surface area contributed by atoms with E-state index in [0.717, 1.165) is 16.7 Å². The molecule has 0 saturated carbocycles. The number of hydrogen-bond donors (Lipinski definition) is 0. The summed E-state index contributed by atoms with van der Waals surface area (Å²) in [7, 11) is 0. The highest BCUT2D eigenvalue weighted by atomic mass is 16.5. The third-order valence-electron chi connectivity index (χ3n) is 2.58. The smallest absolute Gasteiger partial charge is 0.126 e. The Morgan fingerprint density at radius 2 is 1.44 bits per heavy atom. The summed E-state index contributed by atoms with van der Waals surface area (Å²) in [5.41, 5.74) is 6.55. The maximum absolute atomic E-state index is 5.25. The van der Waals surface area contributed by atoms with E-state index in [9.17, 15) is 0 Å². The molecule has 0 spiro atoms. The van der Waals surface area contributed by atoms with Crippen molar-refractivity contribution in [2.75, 3.05) is 6.61 Å². The molecule has 0 fully saturated rings. The van der Waals surface area contributed by atoms with E-state index in [-0.39, 0.29) is 0 Å². The molecule has 90 valence electrons. The minimum atomic E-state index is 0.657. The molecule has 0 aliphatic rings. The Morgan fingerprint density at radius 3 is 1.89 bits per heavy atom. The lowest BCUT2D eigenvalue weighted by Gasteiger charge is -2.05. The normalized spacial score (nSPS) is 9.39. The molecule has 0 heterocycles. The third kappa shape index (κ3) is 3.13. The second kappa shape index (κ2) is 6.48. The average molecular weight is 236 g/mol. The zero-order valence-electron chi connectivity index (χ0n) is 10.5. The van der Waals surface area contributed by atoms with E-state index in [1.165, 1.54) is 0 Å². The van der Waals surface area contributed by atoms with Crippen LogP contribution in [0.1, 0.15) is 18.1 Å². The molecule has 0 radical (unpaired) electrons. The second-order valence-electron chi connectivity index (χ2n) is 3.82. The minimum Gasteiger partial charge on any atom is -0.493 e. The number of benzene rings is 2. The van der Waals surface area contributed by atoms with Crippen LogP contribution in [0.25, 0.3) is 5.57 Å². The van der Waals surface area contributed by atoms with E-state index in [4.69, 9.17) is 4.74 Å². The SMILES string of the molecule is CCOC=C=C(c1ccccc1)c1ccccc1. The van der Waals surface area contributed by atoms with Crippen LogP contribution in [-0.4, -0.2) is 6.61 Å². The van der Waals surface area contributed by atoms with Gasteiger partial charge in [-0.15, -0.1) is 0 Å². The first-order valence-electron chi connectivity index (χ1n) is 6.09. The van der Waals surface area contributed by atoms with E-state index in [2.05, 4.69) is 30.0 Å². The molecular weight excluding hydrogens is 220 g/mol. The summed E-state index contributed by atoms with van der Waals surface area (Å²) in [6.07, 6.45) is 1.63. The molecule has 0 N–H and O–H groups in total. The van der Waals surface area contributed by atoms with Crippen LogP contribution in [0.3, 0.4) is 0 Å². The zero-order chi connectivity index (χ0) is 12.6. The number of ether oxygens (including phenoxy) is 1. The molecule has 2 rings (SSSR count). The van der Waals surface area contributed by atoms with Gasteiger partial charge in [-0.2, -0.15) is 0 Å². The predicted octanol–water partition coefficient (Wildman–Crippen LogP) is 4.27. The van der Waals surface area contributed by atoms with Crippen LogP contribution in [0.4, 0.5) is 0 Å². The first-order valence-corrected chi connectivity index (χ1v) is 6.09. The van der Waals surface area contributed by atoms with Gasteiger partial charge in [0, 0.05) is 5.57 Å². The lowest BCUT2D eigenvalue weighted by atomic mass is 9.99. The van der Waals surface area contributed by atoms with E-state index >= 15 is 0 Å². The second-order valence-corrected chi connectivity index (χ2v) is 3.82. The fraction of sp³-hybridized carbons (Fsp3) is 0.118. The number of hydrogen-bond acceptors (Lipinski definition) is 1. The molecule has 0 atom stereocenters. The van der Waals surface area contributed by atoms with E-state index in [1.807, 2.05) is 43.3 Å². The molecule has 0 aliphatic carbocycles. The Hall–Kier alpha value is -2.24. The highest BCUT2D eigenvalue weighted by molar-refractivity contribution is 5.79. The Balaban J connectivity index is 2.46.